The highest BCUT2D eigenvalue weighted by Gasteiger charge is 2.19. The Morgan fingerprint density at radius 3 is 1.84 bits per heavy atom. The number of β-amino-alcohol motifs (C(OH)–C–C–N with tert-alkyl or cyclic N) is 1. The number of nitrogens with two attached hydrogens (primary N) is 1. The van der Waals surface area contributed by atoms with Crippen LogP contribution in [0.1, 0.15) is 90.4 Å². The number of unbranched alkanes of at least 4 members (excludes halogenated alkanes) is 9. The van der Waals surface area contributed by atoms with Crippen molar-refractivity contribution in [2.45, 2.75) is 96.5 Å². The zero-order chi connectivity index (χ0) is 16.8. The van der Waals surface area contributed by atoms with Gasteiger partial charge in [-0.25, -0.2) is 0 Å². The standard InChI is InChI=1S/C20H42N2O.2ClH/c1-2-3-4-5-6-7-8-9-10-11-12-20(23)18-22-15-13-19(17-21)14-16-22;;/h19-20,23H,2-18,21H2,1H3;2*1H. The molecule has 0 aromatic rings. The minimum Gasteiger partial charge on any atom is -0.392 e. The van der Waals surface area contributed by atoms with E-state index < -0.39 is 0 Å². The Morgan fingerprint density at radius 1 is 0.880 bits per heavy atom. The van der Waals surface area contributed by atoms with Crippen molar-refractivity contribution in [3.05, 3.63) is 0 Å². The van der Waals surface area contributed by atoms with Crippen molar-refractivity contribution in [1.82, 2.24) is 4.90 Å². The van der Waals surface area contributed by atoms with Crippen LogP contribution in [0.2, 0.25) is 0 Å². The summed E-state index contributed by atoms with van der Waals surface area (Å²) in [6.45, 7) is 6.22. The maximum Gasteiger partial charge on any atom is 0.0667 e. The van der Waals surface area contributed by atoms with Crippen molar-refractivity contribution in [2.75, 3.05) is 26.2 Å². The Balaban J connectivity index is 0. The summed E-state index contributed by atoms with van der Waals surface area (Å²) in [6, 6.07) is 0. The van der Waals surface area contributed by atoms with E-state index in [2.05, 4.69) is 11.8 Å². The molecule has 1 rings (SSSR count). The summed E-state index contributed by atoms with van der Waals surface area (Å²) in [5.41, 5.74) is 5.73. The first-order valence-electron chi connectivity index (χ1n) is 10.4. The van der Waals surface area contributed by atoms with Gasteiger partial charge in [0.05, 0.1) is 6.10 Å². The molecule has 1 heterocycles. The van der Waals surface area contributed by atoms with Gasteiger partial charge in [0.1, 0.15) is 0 Å². The third-order valence-electron chi connectivity index (χ3n) is 5.40. The number of nitrogens with zero attached hydrogens (tertiary/aromatic N) is 1. The molecule has 5 heteroatoms. The van der Waals surface area contributed by atoms with Gasteiger partial charge in [-0.3, -0.25) is 0 Å². The molecule has 1 aliphatic rings. The fourth-order valence-corrected chi connectivity index (χ4v) is 3.66. The SMILES string of the molecule is CCCCCCCCCCCCC(O)CN1CCC(CN)CC1.Cl.Cl. The highest BCUT2D eigenvalue weighted by atomic mass is 35.5. The predicted octanol–water partition coefficient (Wildman–Crippen LogP) is 5.17. The van der Waals surface area contributed by atoms with Crippen LogP contribution in [0, 0.1) is 5.92 Å². The largest absolute Gasteiger partial charge is 0.392 e. The first-order valence-corrected chi connectivity index (χ1v) is 10.4. The van der Waals surface area contributed by atoms with Gasteiger partial charge in [-0.1, -0.05) is 71.1 Å². The number of aliphatic hydroxyl groups is 1. The second-order valence-corrected chi connectivity index (χ2v) is 7.60. The highest BCUT2D eigenvalue weighted by Crippen LogP contribution is 2.17. The molecule has 0 aliphatic carbocycles. The molecular weight excluding hydrogens is 355 g/mol. The molecule has 0 bridgehead atoms. The third kappa shape index (κ3) is 15.2. The highest BCUT2D eigenvalue weighted by molar-refractivity contribution is 5.85. The van der Waals surface area contributed by atoms with Gasteiger partial charge in [-0.15, -0.1) is 24.8 Å². The second kappa shape index (κ2) is 19.2. The van der Waals surface area contributed by atoms with E-state index in [0.717, 1.165) is 32.6 Å². The summed E-state index contributed by atoms with van der Waals surface area (Å²) < 4.78 is 0. The van der Waals surface area contributed by atoms with Crippen molar-refractivity contribution in [3.8, 4) is 0 Å². The van der Waals surface area contributed by atoms with E-state index in [4.69, 9.17) is 5.73 Å². The van der Waals surface area contributed by atoms with Crippen LogP contribution in [0.4, 0.5) is 0 Å². The Labute approximate surface area is 169 Å². The molecule has 0 spiro atoms. The van der Waals surface area contributed by atoms with Crippen molar-refractivity contribution in [2.24, 2.45) is 11.7 Å². The molecule has 1 saturated heterocycles. The van der Waals surface area contributed by atoms with Gasteiger partial charge in [0, 0.05) is 6.54 Å². The van der Waals surface area contributed by atoms with Crippen LogP contribution in [0.5, 0.6) is 0 Å². The fourth-order valence-electron chi connectivity index (χ4n) is 3.66. The lowest BCUT2D eigenvalue weighted by Crippen LogP contribution is -2.40. The average Bonchev–Trinajstić information content (AvgIpc) is 2.57. The van der Waals surface area contributed by atoms with Crippen LogP contribution in [0.3, 0.4) is 0 Å². The van der Waals surface area contributed by atoms with Crippen LogP contribution < -0.4 is 5.73 Å². The van der Waals surface area contributed by atoms with Gasteiger partial charge >= 0.3 is 0 Å². The number of piperidine rings is 1. The van der Waals surface area contributed by atoms with E-state index >= 15 is 0 Å². The maximum absolute atomic E-state index is 10.2. The van der Waals surface area contributed by atoms with E-state index in [1.807, 2.05) is 0 Å². The first kappa shape index (κ1) is 27.7. The number of hydrogen-bond acceptors (Lipinski definition) is 3. The maximum atomic E-state index is 10.2. The smallest absolute Gasteiger partial charge is 0.0667 e. The van der Waals surface area contributed by atoms with Crippen molar-refractivity contribution >= 4 is 24.8 Å². The minimum atomic E-state index is -0.126. The monoisotopic (exact) mass is 398 g/mol. The minimum absolute atomic E-state index is 0. The van der Waals surface area contributed by atoms with E-state index in [9.17, 15) is 5.11 Å². The van der Waals surface area contributed by atoms with Gasteiger partial charge in [0.25, 0.3) is 0 Å². The normalized spacial score (nSPS) is 16.9. The van der Waals surface area contributed by atoms with Crippen LogP contribution >= 0.6 is 24.8 Å². The molecular formula is C20H44Cl2N2O. The quantitative estimate of drug-likeness (QED) is 0.396. The second-order valence-electron chi connectivity index (χ2n) is 7.60. The van der Waals surface area contributed by atoms with Crippen LogP contribution in [0.15, 0.2) is 0 Å². The van der Waals surface area contributed by atoms with Gasteiger partial charge in [0.2, 0.25) is 0 Å². The van der Waals surface area contributed by atoms with E-state index in [1.54, 1.807) is 0 Å². The summed E-state index contributed by atoms with van der Waals surface area (Å²) >= 11 is 0. The average molecular weight is 399 g/mol. The van der Waals surface area contributed by atoms with Gasteiger partial charge in [-0.05, 0) is 44.8 Å². The molecule has 3 N–H and O–H groups in total. The van der Waals surface area contributed by atoms with Gasteiger partial charge in [0.15, 0.2) is 0 Å². The van der Waals surface area contributed by atoms with Crippen molar-refractivity contribution < 1.29 is 5.11 Å². The summed E-state index contributed by atoms with van der Waals surface area (Å²) in [7, 11) is 0. The van der Waals surface area contributed by atoms with E-state index in [-0.39, 0.29) is 30.9 Å². The molecule has 1 unspecified atom stereocenters. The van der Waals surface area contributed by atoms with Crippen LogP contribution in [0.25, 0.3) is 0 Å². The molecule has 154 valence electrons. The number of likely N-dealkylation sites (tertiary alicyclic amines) is 1. The Bertz CT molecular complexity index is 262. The summed E-state index contributed by atoms with van der Waals surface area (Å²) in [5, 5.41) is 10.2. The Kier molecular flexibility index (Phi) is 21.3. The zero-order valence-corrected chi connectivity index (χ0v) is 18.1. The molecule has 0 radical (unpaired) electrons. The fraction of sp³-hybridized carbons (Fsp3) is 1.00. The van der Waals surface area contributed by atoms with E-state index in [0.29, 0.717) is 5.92 Å². The lowest BCUT2D eigenvalue weighted by Gasteiger charge is -2.32. The van der Waals surface area contributed by atoms with Crippen LogP contribution in [-0.2, 0) is 0 Å². The summed E-state index contributed by atoms with van der Waals surface area (Å²) in [5.74, 6) is 0.713. The molecule has 25 heavy (non-hydrogen) atoms. The molecule has 1 aliphatic heterocycles. The Morgan fingerprint density at radius 2 is 1.36 bits per heavy atom. The Hall–Kier alpha value is 0.460. The lowest BCUT2D eigenvalue weighted by molar-refractivity contribution is 0.0830. The molecule has 0 saturated carbocycles. The number of rotatable bonds is 14. The number of halogens is 2. The molecule has 1 fully saturated rings. The topological polar surface area (TPSA) is 49.5 Å². The predicted molar refractivity (Wildman–Crippen MR) is 115 cm³/mol. The molecule has 0 aromatic carbocycles. The summed E-state index contributed by atoms with van der Waals surface area (Å²) in [6.07, 6.45) is 16.9. The lowest BCUT2D eigenvalue weighted by atomic mass is 9.96. The first-order chi connectivity index (χ1) is 11.3. The van der Waals surface area contributed by atoms with Crippen LogP contribution in [-0.4, -0.2) is 42.3 Å². The molecule has 0 aromatic heterocycles. The number of hydrogen-bond donors (Lipinski definition) is 2. The van der Waals surface area contributed by atoms with E-state index in [1.165, 1.54) is 77.0 Å². The molecule has 1 atom stereocenters. The van der Waals surface area contributed by atoms with Crippen molar-refractivity contribution in [3.63, 3.8) is 0 Å². The van der Waals surface area contributed by atoms with Gasteiger partial charge in [-0.2, -0.15) is 0 Å². The number of aliphatic hydroxyl groups excluding tert-OH is 1. The van der Waals surface area contributed by atoms with Gasteiger partial charge < -0.3 is 15.7 Å². The third-order valence-corrected chi connectivity index (χ3v) is 5.40. The zero-order valence-electron chi connectivity index (χ0n) is 16.5. The van der Waals surface area contributed by atoms with Crippen molar-refractivity contribution in [1.29, 1.82) is 0 Å². The summed E-state index contributed by atoms with van der Waals surface area (Å²) in [4.78, 5) is 2.42. The molecule has 3 nitrogen and oxygen atoms in total. The molecule has 0 amide bonds.